The van der Waals surface area contributed by atoms with Crippen LogP contribution in [0.25, 0.3) is 0 Å². The SMILES string of the molecule is CCCC1(Cl)C(C)CC2(c3ccccc3)CC1CC(C)(C)C2.NCC1CCCCC1.[CH-]=O.[Na+]. The summed E-state index contributed by atoms with van der Waals surface area (Å²) in [5.74, 6) is 2.12. The molecule has 4 unspecified atom stereocenters. The zero-order valence-corrected chi connectivity index (χ0v) is 24.8. The van der Waals surface area contributed by atoms with E-state index in [1.54, 1.807) is 5.56 Å². The van der Waals surface area contributed by atoms with Gasteiger partial charge in [0.2, 0.25) is 0 Å². The van der Waals surface area contributed by atoms with Crippen molar-refractivity contribution in [2.75, 3.05) is 6.54 Å². The molecule has 2 N–H and O–H groups in total. The van der Waals surface area contributed by atoms with Gasteiger partial charge < -0.3 is 10.5 Å². The van der Waals surface area contributed by atoms with E-state index in [4.69, 9.17) is 22.1 Å². The molecule has 0 amide bonds. The summed E-state index contributed by atoms with van der Waals surface area (Å²) in [5.41, 5.74) is 7.80. The Balaban J connectivity index is 0.000000418. The van der Waals surface area contributed by atoms with Gasteiger partial charge in [0, 0.05) is 0 Å². The summed E-state index contributed by atoms with van der Waals surface area (Å²) in [7, 11) is 0. The summed E-state index contributed by atoms with van der Waals surface area (Å²) < 4.78 is 0. The Hall–Kier alpha value is 0.140. The molecule has 0 aromatic heterocycles. The van der Waals surface area contributed by atoms with Gasteiger partial charge in [0.1, 0.15) is 0 Å². The molecule has 0 spiro atoms. The van der Waals surface area contributed by atoms with Gasteiger partial charge in [-0.25, -0.2) is 0 Å². The number of rotatable bonds is 4. The van der Waals surface area contributed by atoms with Gasteiger partial charge in [-0.2, -0.15) is 0 Å². The van der Waals surface area contributed by atoms with E-state index in [0.29, 0.717) is 22.7 Å². The molecule has 3 aliphatic rings. The van der Waals surface area contributed by atoms with Gasteiger partial charge in [0.15, 0.2) is 0 Å². The molecule has 3 saturated carbocycles. The second-order valence-corrected chi connectivity index (χ2v) is 12.3. The molecule has 3 fully saturated rings. The van der Waals surface area contributed by atoms with Crippen LogP contribution in [0.4, 0.5) is 0 Å². The van der Waals surface area contributed by atoms with Crippen LogP contribution >= 0.6 is 11.6 Å². The van der Waals surface area contributed by atoms with E-state index in [1.807, 2.05) is 0 Å². The third-order valence-electron chi connectivity index (χ3n) is 8.53. The smallest absolute Gasteiger partial charge is 0.545 e. The van der Waals surface area contributed by atoms with Crippen LogP contribution in [0, 0.1) is 23.2 Å². The van der Waals surface area contributed by atoms with Crippen molar-refractivity contribution in [1.82, 2.24) is 0 Å². The molecule has 0 radical (unpaired) electrons. The third kappa shape index (κ3) is 7.81. The van der Waals surface area contributed by atoms with Crippen molar-refractivity contribution >= 4 is 18.4 Å². The minimum absolute atomic E-state index is 0. The Bertz CT molecular complexity index is 673. The van der Waals surface area contributed by atoms with E-state index < -0.39 is 0 Å². The predicted octanol–water partition coefficient (Wildman–Crippen LogP) is 4.82. The maximum atomic E-state index is 7.75. The van der Waals surface area contributed by atoms with Crippen molar-refractivity contribution in [3.05, 3.63) is 35.9 Å². The molecule has 2 bridgehead atoms. The van der Waals surface area contributed by atoms with Crippen LogP contribution in [0.2, 0.25) is 0 Å². The van der Waals surface area contributed by atoms with Gasteiger partial charge in [0.05, 0.1) is 4.87 Å². The number of fused-ring (bicyclic) bond motifs is 2. The number of hydrogen-bond donors (Lipinski definition) is 1. The number of benzene rings is 1. The standard InChI is InChI=1S/C21H31Cl.C7H15N.CHO.Na/c1-5-11-21(22)16(2)12-20(17-9-7-6-8-10-17)14-18(21)13-19(3,4)15-20;8-6-7-4-2-1-3-5-7;1-2;/h6-10,16,18H,5,11-15H2,1-4H3;7H,1-6,8H2;1H;/q;;-1;+1. The molecule has 2 nitrogen and oxygen atoms in total. The van der Waals surface area contributed by atoms with E-state index in [1.165, 1.54) is 70.6 Å². The van der Waals surface area contributed by atoms with Crippen molar-refractivity contribution in [2.45, 2.75) is 109 Å². The average Bonchev–Trinajstić information content (AvgIpc) is 2.80. The summed E-state index contributed by atoms with van der Waals surface area (Å²) in [4.78, 5) is 7.77. The fraction of sp³-hybridized carbons (Fsp3) is 0.759. The van der Waals surface area contributed by atoms with Crippen LogP contribution in [0.5, 0.6) is 0 Å². The number of halogens is 1. The van der Waals surface area contributed by atoms with Crippen LogP contribution in [0.1, 0.15) is 104 Å². The first kappa shape index (κ1) is 31.2. The van der Waals surface area contributed by atoms with Crippen molar-refractivity contribution in [2.24, 2.45) is 28.9 Å². The number of alkyl halides is 1. The first-order valence-corrected chi connectivity index (χ1v) is 13.3. The van der Waals surface area contributed by atoms with Crippen LogP contribution in [0.15, 0.2) is 30.3 Å². The molecule has 1 aromatic rings. The first-order valence-electron chi connectivity index (χ1n) is 12.9. The molecule has 182 valence electrons. The van der Waals surface area contributed by atoms with Gasteiger partial charge in [-0.05, 0) is 85.6 Å². The average molecular weight is 484 g/mol. The zero-order valence-electron chi connectivity index (χ0n) is 22.0. The molecule has 1 aromatic carbocycles. The van der Waals surface area contributed by atoms with Gasteiger partial charge in [-0.15, -0.1) is 11.6 Å². The molecule has 4 heteroatoms. The molecular weight excluding hydrogens is 437 g/mol. The Labute approximate surface area is 231 Å². The molecule has 0 heterocycles. The second kappa shape index (κ2) is 14.0. The monoisotopic (exact) mass is 483 g/mol. The maximum Gasteiger partial charge on any atom is 1.00 e. The van der Waals surface area contributed by atoms with Gasteiger partial charge in [-0.1, -0.05) is 83.7 Å². The Kier molecular flexibility index (Phi) is 13.2. The Morgan fingerprint density at radius 1 is 1.03 bits per heavy atom. The minimum atomic E-state index is 0. The second-order valence-electron chi connectivity index (χ2n) is 11.6. The van der Waals surface area contributed by atoms with Crippen LogP contribution in [-0.4, -0.2) is 18.2 Å². The molecule has 4 atom stereocenters. The van der Waals surface area contributed by atoms with Crippen molar-refractivity contribution in [1.29, 1.82) is 0 Å². The first-order chi connectivity index (χ1) is 15.2. The molecule has 4 rings (SSSR count). The van der Waals surface area contributed by atoms with E-state index >= 15 is 0 Å². The normalized spacial score (nSPS) is 32.8. The van der Waals surface area contributed by atoms with E-state index in [9.17, 15) is 0 Å². The molecule has 0 aliphatic heterocycles. The van der Waals surface area contributed by atoms with Crippen molar-refractivity contribution in [3.8, 4) is 0 Å². The molecule has 33 heavy (non-hydrogen) atoms. The Morgan fingerprint density at radius 3 is 2.15 bits per heavy atom. The fourth-order valence-corrected chi connectivity index (χ4v) is 7.73. The largest absolute Gasteiger partial charge is 1.00 e. The van der Waals surface area contributed by atoms with Crippen LogP contribution in [-0.2, 0) is 10.2 Å². The quantitative estimate of drug-likeness (QED) is 0.288. The molecular formula is C29H47ClNNaO. The fourth-order valence-electron chi connectivity index (χ4n) is 7.31. The summed E-state index contributed by atoms with van der Waals surface area (Å²) >= 11 is 7.27. The summed E-state index contributed by atoms with van der Waals surface area (Å²) in [6.45, 7) is 13.8. The van der Waals surface area contributed by atoms with Gasteiger partial charge >= 0.3 is 29.6 Å². The number of carbonyl (C=O) groups excluding carboxylic acids is 1. The van der Waals surface area contributed by atoms with Crippen molar-refractivity contribution in [3.63, 3.8) is 0 Å². The molecule has 0 saturated heterocycles. The summed E-state index contributed by atoms with van der Waals surface area (Å²) in [6, 6.07) is 11.3. The van der Waals surface area contributed by atoms with Crippen molar-refractivity contribution < 1.29 is 34.4 Å². The van der Waals surface area contributed by atoms with E-state index in [-0.39, 0.29) is 34.4 Å². The van der Waals surface area contributed by atoms with E-state index in [2.05, 4.69) is 64.8 Å². The topological polar surface area (TPSA) is 43.1 Å². The maximum absolute atomic E-state index is 7.75. The van der Waals surface area contributed by atoms with Crippen LogP contribution in [0.3, 0.4) is 0 Å². The van der Waals surface area contributed by atoms with Crippen LogP contribution < -0.4 is 35.3 Å². The predicted molar refractivity (Wildman–Crippen MR) is 139 cm³/mol. The third-order valence-corrected chi connectivity index (χ3v) is 9.40. The zero-order chi connectivity index (χ0) is 23.8. The number of hydrogen-bond acceptors (Lipinski definition) is 2. The van der Waals surface area contributed by atoms with E-state index in [0.717, 1.165) is 12.5 Å². The minimum Gasteiger partial charge on any atom is -0.545 e. The Morgan fingerprint density at radius 2 is 1.64 bits per heavy atom. The summed E-state index contributed by atoms with van der Waals surface area (Å²) in [5, 5.41) is 0. The van der Waals surface area contributed by atoms with Gasteiger partial charge in [0.25, 0.3) is 0 Å². The van der Waals surface area contributed by atoms with Gasteiger partial charge in [-0.3, -0.25) is 6.79 Å². The number of nitrogens with two attached hydrogens (primary N) is 1. The molecule has 3 aliphatic carbocycles. The summed E-state index contributed by atoms with van der Waals surface area (Å²) in [6.07, 6.45) is 14.5.